The zero-order chi connectivity index (χ0) is 11.4. The summed E-state index contributed by atoms with van der Waals surface area (Å²) in [7, 11) is 0. The maximum atomic E-state index is 5.45. The van der Waals surface area contributed by atoms with Gasteiger partial charge in [0.05, 0.1) is 13.2 Å². The Morgan fingerprint density at radius 1 is 1.20 bits per heavy atom. The number of ether oxygens (including phenoxy) is 1. The molecule has 0 bridgehead atoms. The summed E-state index contributed by atoms with van der Waals surface area (Å²) in [6.07, 6.45) is 7.92. The van der Waals surface area contributed by atoms with Gasteiger partial charge in [0.15, 0.2) is 0 Å². The van der Waals surface area contributed by atoms with Gasteiger partial charge in [-0.25, -0.2) is 0 Å². The molecule has 0 fully saturated rings. The summed E-state index contributed by atoms with van der Waals surface area (Å²) in [6.45, 7) is 10.7. The molecule has 0 spiro atoms. The van der Waals surface area contributed by atoms with Crippen molar-refractivity contribution >= 4 is 0 Å². The summed E-state index contributed by atoms with van der Waals surface area (Å²) in [5, 5.41) is 3.55. The Labute approximate surface area is 95.1 Å². The smallest absolute Gasteiger partial charge is 0.0591 e. The van der Waals surface area contributed by atoms with Gasteiger partial charge >= 0.3 is 0 Å². The molecule has 0 rings (SSSR count). The summed E-state index contributed by atoms with van der Waals surface area (Å²) in [4.78, 5) is 0. The van der Waals surface area contributed by atoms with E-state index in [4.69, 9.17) is 4.74 Å². The van der Waals surface area contributed by atoms with Gasteiger partial charge < -0.3 is 10.1 Å². The average Bonchev–Trinajstić information content (AvgIpc) is 2.24. The fourth-order valence-electron chi connectivity index (χ4n) is 1.65. The van der Waals surface area contributed by atoms with Crippen molar-refractivity contribution in [3.05, 3.63) is 12.7 Å². The van der Waals surface area contributed by atoms with Crippen molar-refractivity contribution in [2.24, 2.45) is 0 Å². The lowest BCUT2D eigenvalue weighted by Gasteiger charge is -2.17. The SMILES string of the molecule is C=CCCOCCNC(CCC)CCC. The van der Waals surface area contributed by atoms with Crippen molar-refractivity contribution in [3.63, 3.8) is 0 Å². The first-order valence-corrected chi connectivity index (χ1v) is 6.27. The van der Waals surface area contributed by atoms with E-state index in [1.165, 1.54) is 25.7 Å². The minimum atomic E-state index is 0.683. The molecule has 90 valence electrons. The van der Waals surface area contributed by atoms with E-state index in [1.807, 2.05) is 6.08 Å². The van der Waals surface area contributed by atoms with Crippen LogP contribution in [-0.4, -0.2) is 25.8 Å². The molecule has 0 saturated carbocycles. The molecular weight excluding hydrogens is 186 g/mol. The normalized spacial score (nSPS) is 10.9. The van der Waals surface area contributed by atoms with E-state index in [-0.39, 0.29) is 0 Å². The van der Waals surface area contributed by atoms with Crippen molar-refractivity contribution in [2.45, 2.75) is 52.0 Å². The molecule has 0 aliphatic carbocycles. The first kappa shape index (κ1) is 14.7. The van der Waals surface area contributed by atoms with E-state index < -0.39 is 0 Å². The molecule has 0 amide bonds. The molecule has 2 nitrogen and oxygen atoms in total. The van der Waals surface area contributed by atoms with Gasteiger partial charge in [0, 0.05) is 12.6 Å². The van der Waals surface area contributed by atoms with Crippen LogP contribution in [0.25, 0.3) is 0 Å². The van der Waals surface area contributed by atoms with Crippen LogP contribution >= 0.6 is 0 Å². The van der Waals surface area contributed by atoms with Gasteiger partial charge in [-0.05, 0) is 19.3 Å². The highest BCUT2D eigenvalue weighted by molar-refractivity contribution is 4.66. The maximum Gasteiger partial charge on any atom is 0.0591 e. The van der Waals surface area contributed by atoms with E-state index in [1.54, 1.807) is 0 Å². The van der Waals surface area contributed by atoms with Crippen molar-refractivity contribution in [2.75, 3.05) is 19.8 Å². The predicted molar refractivity (Wildman–Crippen MR) is 67.2 cm³/mol. The highest BCUT2D eigenvalue weighted by Crippen LogP contribution is 2.03. The minimum absolute atomic E-state index is 0.683. The van der Waals surface area contributed by atoms with Crippen LogP contribution in [0.5, 0.6) is 0 Å². The third-order valence-corrected chi connectivity index (χ3v) is 2.42. The molecule has 0 aromatic carbocycles. The Morgan fingerprint density at radius 2 is 1.87 bits per heavy atom. The molecule has 0 aromatic heterocycles. The Balaban J connectivity index is 3.31. The summed E-state index contributed by atoms with van der Waals surface area (Å²) in [5.74, 6) is 0. The van der Waals surface area contributed by atoms with Gasteiger partial charge in [0.2, 0.25) is 0 Å². The largest absolute Gasteiger partial charge is 0.380 e. The van der Waals surface area contributed by atoms with Crippen LogP contribution in [0, 0.1) is 0 Å². The van der Waals surface area contributed by atoms with E-state index in [0.29, 0.717) is 6.04 Å². The molecule has 1 N–H and O–H groups in total. The number of hydrogen-bond donors (Lipinski definition) is 1. The van der Waals surface area contributed by atoms with Gasteiger partial charge in [-0.3, -0.25) is 0 Å². The lowest BCUT2D eigenvalue weighted by molar-refractivity contribution is 0.137. The fraction of sp³-hybridized carbons (Fsp3) is 0.846. The van der Waals surface area contributed by atoms with Gasteiger partial charge in [0.25, 0.3) is 0 Å². The fourth-order valence-corrected chi connectivity index (χ4v) is 1.65. The standard InChI is InChI=1S/C13H27NO/c1-4-7-11-15-12-10-14-13(8-5-2)9-6-3/h4,13-14H,1,5-12H2,2-3H3. The van der Waals surface area contributed by atoms with Crippen LogP contribution in [0.2, 0.25) is 0 Å². The van der Waals surface area contributed by atoms with Crippen molar-refractivity contribution in [1.82, 2.24) is 5.32 Å². The van der Waals surface area contributed by atoms with E-state index in [2.05, 4.69) is 25.7 Å². The van der Waals surface area contributed by atoms with Crippen molar-refractivity contribution < 1.29 is 4.74 Å². The van der Waals surface area contributed by atoms with Crippen LogP contribution < -0.4 is 5.32 Å². The molecule has 0 unspecified atom stereocenters. The van der Waals surface area contributed by atoms with E-state index in [0.717, 1.165) is 26.2 Å². The van der Waals surface area contributed by atoms with Crippen LogP contribution in [0.15, 0.2) is 12.7 Å². The molecule has 0 radical (unpaired) electrons. The Bertz CT molecular complexity index is 130. The summed E-state index contributed by atoms with van der Waals surface area (Å²) < 4.78 is 5.45. The second-order valence-corrected chi connectivity index (χ2v) is 3.92. The Morgan fingerprint density at radius 3 is 2.40 bits per heavy atom. The second kappa shape index (κ2) is 11.7. The van der Waals surface area contributed by atoms with Gasteiger partial charge in [-0.2, -0.15) is 0 Å². The van der Waals surface area contributed by atoms with Gasteiger partial charge in [-0.1, -0.05) is 32.8 Å². The molecule has 15 heavy (non-hydrogen) atoms. The van der Waals surface area contributed by atoms with Crippen molar-refractivity contribution in [1.29, 1.82) is 0 Å². The molecule has 0 atom stereocenters. The monoisotopic (exact) mass is 213 g/mol. The molecule has 0 aliphatic heterocycles. The molecule has 0 aromatic rings. The molecule has 2 heteroatoms. The van der Waals surface area contributed by atoms with Crippen LogP contribution in [0.3, 0.4) is 0 Å². The minimum Gasteiger partial charge on any atom is -0.380 e. The Kier molecular flexibility index (Phi) is 11.5. The van der Waals surface area contributed by atoms with E-state index >= 15 is 0 Å². The summed E-state index contributed by atoms with van der Waals surface area (Å²) in [6, 6.07) is 0.683. The maximum absolute atomic E-state index is 5.45. The van der Waals surface area contributed by atoms with E-state index in [9.17, 15) is 0 Å². The highest BCUT2D eigenvalue weighted by Gasteiger charge is 2.04. The van der Waals surface area contributed by atoms with Gasteiger partial charge in [0.1, 0.15) is 0 Å². The zero-order valence-electron chi connectivity index (χ0n) is 10.4. The molecule has 0 saturated heterocycles. The lowest BCUT2D eigenvalue weighted by Crippen LogP contribution is -2.31. The first-order valence-electron chi connectivity index (χ1n) is 6.27. The average molecular weight is 213 g/mol. The quantitative estimate of drug-likeness (QED) is 0.420. The number of hydrogen-bond acceptors (Lipinski definition) is 2. The molecule has 0 heterocycles. The zero-order valence-corrected chi connectivity index (χ0v) is 10.4. The second-order valence-electron chi connectivity index (χ2n) is 3.92. The van der Waals surface area contributed by atoms with Crippen LogP contribution in [-0.2, 0) is 4.74 Å². The Hall–Kier alpha value is -0.340. The van der Waals surface area contributed by atoms with Crippen LogP contribution in [0.4, 0.5) is 0 Å². The third kappa shape index (κ3) is 9.95. The number of nitrogens with one attached hydrogen (secondary N) is 1. The predicted octanol–water partition coefficient (Wildman–Crippen LogP) is 3.14. The third-order valence-electron chi connectivity index (χ3n) is 2.42. The topological polar surface area (TPSA) is 21.3 Å². The molecular formula is C13H27NO. The number of rotatable bonds is 11. The highest BCUT2D eigenvalue weighted by atomic mass is 16.5. The molecule has 0 aliphatic rings. The lowest BCUT2D eigenvalue weighted by atomic mass is 10.1. The van der Waals surface area contributed by atoms with Crippen LogP contribution in [0.1, 0.15) is 46.0 Å². The van der Waals surface area contributed by atoms with Gasteiger partial charge in [-0.15, -0.1) is 6.58 Å². The first-order chi connectivity index (χ1) is 7.35. The van der Waals surface area contributed by atoms with Crippen molar-refractivity contribution in [3.8, 4) is 0 Å². The summed E-state index contributed by atoms with van der Waals surface area (Å²) >= 11 is 0. The summed E-state index contributed by atoms with van der Waals surface area (Å²) in [5.41, 5.74) is 0.